The lowest BCUT2D eigenvalue weighted by atomic mass is 9.97. The molecule has 0 bridgehead atoms. The predicted molar refractivity (Wildman–Crippen MR) is 129 cm³/mol. The Balaban J connectivity index is 1.33. The van der Waals surface area contributed by atoms with Gasteiger partial charge in [-0.25, -0.2) is 14.2 Å². The van der Waals surface area contributed by atoms with Gasteiger partial charge < -0.3 is 14.2 Å². The van der Waals surface area contributed by atoms with Crippen LogP contribution in [0.5, 0.6) is 23.3 Å². The molecule has 12 heteroatoms. The first-order chi connectivity index (χ1) is 18.1. The molecule has 0 unspecified atom stereocenters. The van der Waals surface area contributed by atoms with Gasteiger partial charge >= 0.3 is 11.9 Å². The fourth-order valence-electron chi connectivity index (χ4n) is 4.06. The van der Waals surface area contributed by atoms with Crippen LogP contribution in [0.2, 0.25) is 5.02 Å². The predicted octanol–water partition coefficient (Wildman–Crippen LogP) is 6.05. The Morgan fingerprint density at radius 3 is 2.61 bits per heavy atom. The first-order valence-corrected chi connectivity index (χ1v) is 11.6. The van der Waals surface area contributed by atoms with Gasteiger partial charge in [0, 0.05) is 29.9 Å². The van der Waals surface area contributed by atoms with Gasteiger partial charge in [-0.2, -0.15) is 18.2 Å². The van der Waals surface area contributed by atoms with E-state index in [2.05, 4.69) is 9.97 Å². The number of rotatable bonds is 6. The van der Waals surface area contributed by atoms with E-state index in [1.54, 1.807) is 23.8 Å². The molecule has 5 rings (SSSR count). The van der Waals surface area contributed by atoms with E-state index in [1.165, 1.54) is 12.3 Å². The lowest BCUT2D eigenvalue weighted by Crippen LogP contribution is -2.28. The van der Waals surface area contributed by atoms with Crippen molar-refractivity contribution in [3.05, 3.63) is 92.7 Å². The molecule has 196 valence electrons. The number of nitrogens with zero attached hydrogens (tertiary/aromatic N) is 3. The smallest absolute Gasteiger partial charge is 0.417 e. The number of alkyl halides is 3. The first kappa shape index (κ1) is 25.5. The average Bonchev–Trinajstić information content (AvgIpc) is 2.88. The van der Waals surface area contributed by atoms with Gasteiger partial charge in [0.25, 0.3) is 5.88 Å². The van der Waals surface area contributed by atoms with E-state index >= 15 is 0 Å². The van der Waals surface area contributed by atoms with Crippen molar-refractivity contribution in [2.75, 3.05) is 7.11 Å². The third-order valence-electron chi connectivity index (χ3n) is 5.89. The quantitative estimate of drug-likeness (QED) is 0.273. The van der Waals surface area contributed by atoms with Crippen LogP contribution in [-0.2, 0) is 25.7 Å². The van der Waals surface area contributed by atoms with E-state index in [0.717, 1.165) is 23.3 Å². The van der Waals surface area contributed by atoms with Crippen molar-refractivity contribution < 1.29 is 31.8 Å². The van der Waals surface area contributed by atoms with Gasteiger partial charge in [0.1, 0.15) is 18.1 Å². The monoisotopic (exact) mass is 547 g/mol. The first-order valence-electron chi connectivity index (χ1n) is 11.2. The molecule has 0 atom stereocenters. The summed E-state index contributed by atoms with van der Waals surface area (Å²) >= 11 is 5.60. The van der Waals surface area contributed by atoms with Crippen molar-refractivity contribution in [2.45, 2.75) is 25.7 Å². The lowest BCUT2D eigenvalue weighted by Gasteiger charge is -2.22. The SMILES string of the molecule is COc1ccc2c(c1)CCn1c-2cc(OCc2cnc(Oc3ccc(Cl)c(C(F)(F)F)c3)c(F)c2)nc1=O. The Bertz CT molecular complexity index is 1590. The number of aromatic nitrogens is 3. The molecule has 2 aromatic heterocycles. The number of pyridine rings is 1. The van der Waals surface area contributed by atoms with Gasteiger partial charge in [-0.15, -0.1) is 0 Å². The Morgan fingerprint density at radius 2 is 1.87 bits per heavy atom. The normalized spacial score (nSPS) is 12.5. The van der Waals surface area contributed by atoms with Crippen molar-refractivity contribution in [1.82, 2.24) is 14.5 Å². The summed E-state index contributed by atoms with van der Waals surface area (Å²) in [7, 11) is 1.58. The second-order valence-electron chi connectivity index (χ2n) is 8.35. The van der Waals surface area contributed by atoms with Crippen molar-refractivity contribution in [3.8, 4) is 34.5 Å². The molecule has 38 heavy (non-hydrogen) atoms. The van der Waals surface area contributed by atoms with Crippen molar-refractivity contribution in [1.29, 1.82) is 0 Å². The highest BCUT2D eigenvalue weighted by molar-refractivity contribution is 6.31. The number of ether oxygens (including phenoxy) is 3. The molecule has 1 aliphatic heterocycles. The van der Waals surface area contributed by atoms with Crippen LogP contribution in [0.1, 0.15) is 16.7 Å². The molecule has 0 saturated carbocycles. The summed E-state index contributed by atoms with van der Waals surface area (Å²) in [4.78, 5) is 20.4. The Hall–Kier alpha value is -4.12. The number of methoxy groups -OCH3 is 1. The lowest BCUT2D eigenvalue weighted by molar-refractivity contribution is -0.137. The largest absolute Gasteiger partial charge is 0.497 e. The maximum absolute atomic E-state index is 14.6. The molecule has 2 aromatic carbocycles. The Labute approximate surface area is 218 Å². The van der Waals surface area contributed by atoms with Gasteiger partial charge in [0.2, 0.25) is 5.88 Å². The van der Waals surface area contributed by atoms with Crippen molar-refractivity contribution in [3.63, 3.8) is 0 Å². The molecule has 0 radical (unpaired) electrons. The molecule has 0 N–H and O–H groups in total. The summed E-state index contributed by atoms with van der Waals surface area (Å²) in [5.74, 6) is -0.971. The van der Waals surface area contributed by atoms with E-state index < -0.39 is 34.1 Å². The zero-order valence-electron chi connectivity index (χ0n) is 19.7. The van der Waals surface area contributed by atoms with Crippen LogP contribution in [0.4, 0.5) is 17.6 Å². The second-order valence-corrected chi connectivity index (χ2v) is 8.75. The zero-order valence-corrected chi connectivity index (χ0v) is 20.4. The van der Waals surface area contributed by atoms with Crippen LogP contribution in [0.25, 0.3) is 11.3 Å². The minimum absolute atomic E-state index is 0.0477. The molecule has 0 fully saturated rings. The molecule has 1 aliphatic rings. The molecule has 7 nitrogen and oxygen atoms in total. The van der Waals surface area contributed by atoms with Gasteiger partial charge in [-0.1, -0.05) is 11.6 Å². The number of halogens is 5. The van der Waals surface area contributed by atoms with Crippen LogP contribution in [0.15, 0.2) is 59.5 Å². The molecular weight excluding hydrogens is 530 g/mol. The van der Waals surface area contributed by atoms with Gasteiger partial charge in [0.05, 0.1) is 23.4 Å². The van der Waals surface area contributed by atoms with Crippen molar-refractivity contribution in [2.24, 2.45) is 0 Å². The van der Waals surface area contributed by atoms with Crippen LogP contribution in [-0.4, -0.2) is 21.6 Å². The van der Waals surface area contributed by atoms with E-state index in [1.807, 2.05) is 12.1 Å². The molecule has 0 saturated heterocycles. The maximum atomic E-state index is 14.6. The summed E-state index contributed by atoms with van der Waals surface area (Å²) in [6.07, 6.45) is -2.81. The topological polar surface area (TPSA) is 75.5 Å². The molecule has 0 spiro atoms. The van der Waals surface area contributed by atoms with Crippen LogP contribution in [0.3, 0.4) is 0 Å². The summed E-state index contributed by atoms with van der Waals surface area (Å²) < 4.78 is 71.5. The summed E-state index contributed by atoms with van der Waals surface area (Å²) in [5, 5.41) is -0.510. The molecule has 0 aliphatic carbocycles. The Morgan fingerprint density at radius 1 is 1.08 bits per heavy atom. The van der Waals surface area contributed by atoms with Gasteiger partial charge in [0.15, 0.2) is 5.82 Å². The van der Waals surface area contributed by atoms with E-state index in [4.69, 9.17) is 25.8 Å². The zero-order chi connectivity index (χ0) is 27.0. The summed E-state index contributed by atoms with van der Waals surface area (Å²) in [6, 6.07) is 11.1. The fraction of sp³-hybridized carbons (Fsp3) is 0.192. The third-order valence-corrected chi connectivity index (χ3v) is 6.22. The minimum atomic E-state index is -4.70. The standard InChI is InChI=1S/C26H18ClF4N3O4/c1-36-16-2-4-18-15(9-16)6-7-34-22(18)11-23(33-25(34)35)37-13-14-8-21(28)24(32-12-14)38-17-3-5-20(27)19(10-17)26(29,30)31/h2-5,8-12H,6-7,13H2,1H3. The summed E-state index contributed by atoms with van der Waals surface area (Å²) in [6.45, 7) is 0.283. The molecule has 4 aromatic rings. The summed E-state index contributed by atoms with van der Waals surface area (Å²) in [5.41, 5.74) is 1.20. The number of benzene rings is 2. The van der Waals surface area contributed by atoms with E-state index in [0.29, 0.717) is 30.5 Å². The highest BCUT2D eigenvalue weighted by Crippen LogP contribution is 2.38. The Kier molecular flexibility index (Phi) is 6.70. The highest BCUT2D eigenvalue weighted by Gasteiger charge is 2.33. The van der Waals surface area contributed by atoms with Gasteiger partial charge in [-0.05, 0) is 54.4 Å². The molecule has 0 amide bonds. The molecular formula is C26H18ClF4N3O4. The number of hydrogen-bond donors (Lipinski definition) is 0. The second kappa shape index (κ2) is 9.97. The van der Waals surface area contributed by atoms with Crippen LogP contribution in [0, 0.1) is 5.82 Å². The third kappa shape index (κ3) is 5.14. The van der Waals surface area contributed by atoms with Crippen molar-refractivity contribution >= 4 is 11.6 Å². The number of aryl methyl sites for hydroxylation is 1. The number of hydrogen-bond acceptors (Lipinski definition) is 6. The highest BCUT2D eigenvalue weighted by atomic mass is 35.5. The molecule has 3 heterocycles. The average molecular weight is 548 g/mol. The van der Waals surface area contributed by atoms with E-state index in [9.17, 15) is 22.4 Å². The number of fused-ring (bicyclic) bond motifs is 3. The fourth-order valence-corrected chi connectivity index (χ4v) is 4.28. The van der Waals surface area contributed by atoms with Gasteiger partial charge in [-0.3, -0.25) is 4.57 Å². The van der Waals surface area contributed by atoms with E-state index in [-0.39, 0.29) is 23.8 Å². The van der Waals surface area contributed by atoms with Crippen LogP contribution < -0.4 is 19.9 Å². The minimum Gasteiger partial charge on any atom is -0.497 e. The van der Waals surface area contributed by atoms with Crippen LogP contribution >= 0.6 is 11.6 Å². The maximum Gasteiger partial charge on any atom is 0.417 e.